The van der Waals surface area contributed by atoms with Gasteiger partial charge < -0.3 is 10.2 Å². The minimum absolute atomic E-state index is 0.0647. The van der Waals surface area contributed by atoms with E-state index in [-0.39, 0.29) is 22.2 Å². The average Bonchev–Trinajstić information content (AvgIpc) is 3.16. The van der Waals surface area contributed by atoms with Crippen molar-refractivity contribution in [2.75, 3.05) is 0 Å². The van der Waals surface area contributed by atoms with Gasteiger partial charge in [0.2, 0.25) is 0 Å². The van der Waals surface area contributed by atoms with Gasteiger partial charge in [-0.25, -0.2) is 0 Å². The minimum Gasteiger partial charge on any atom is -0.390 e. The quantitative estimate of drug-likeness (QED) is 0.324. The lowest BCUT2D eigenvalue weighted by Crippen LogP contribution is -2.63. The van der Waals surface area contributed by atoms with Crippen molar-refractivity contribution < 1.29 is 15.0 Å². The lowest BCUT2D eigenvalue weighted by Gasteiger charge is -2.64. The van der Waals surface area contributed by atoms with E-state index in [4.69, 9.17) is 4.98 Å². The number of Topliss-reactive ketones (excluding diaryl/α,β-unsaturated/α-hetero) is 1. The van der Waals surface area contributed by atoms with Crippen molar-refractivity contribution in [1.82, 2.24) is 4.98 Å². The summed E-state index contributed by atoms with van der Waals surface area (Å²) in [6.45, 7) is 17.6. The van der Waals surface area contributed by atoms with Gasteiger partial charge in [0.05, 0.1) is 22.9 Å². The van der Waals surface area contributed by atoms with E-state index < -0.39 is 17.1 Å². The Morgan fingerprint density at radius 2 is 1.81 bits per heavy atom. The maximum absolute atomic E-state index is 14.7. The Hall–Kier alpha value is -1.56. The van der Waals surface area contributed by atoms with Gasteiger partial charge in [0.25, 0.3) is 0 Å². The van der Waals surface area contributed by atoms with Crippen LogP contribution in [0.3, 0.4) is 0 Å². The molecule has 4 nitrogen and oxygen atoms in total. The molecular weight excluding hydrogens is 586 g/mol. The second kappa shape index (κ2) is 9.72. The second-order valence-corrected chi connectivity index (χ2v) is 17.2. The van der Waals surface area contributed by atoms with E-state index >= 15 is 0 Å². The van der Waals surface area contributed by atoms with Crippen LogP contribution in [0.15, 0.2) is 40.4 Å². The molecule has 1 heterocycles. The lowest BCUT2D eigenvalue weighted by atomic mass is 9.38. The number of ketones is 1. The van der Waals surface area contributed by atoms with Gasteiger partial charge in [0, 0.05) is 27.1 Å². The molecule has 0 spiro atoms. The molecule has 2 fully saturated rings. The number of nitrogens with zero attached hydrogens (tertiary/aromatic N) is 1. The summed E-state index contributed by atoms with van der Waals surface area (Å²) >= 11 is 3.64. The van der Waals surface area contributed by atoms with Crippen molar-refractivity contribution in [1.29, 1.82) is 0 Å². The molecule has 5 heteroatoms. The number of aliphatic hydroxyl groups excluding tert-OH is 1. The Labute approximate surface area is 260 Å². The van der Waals surface area contributed by atoms with E-state index in [2.05, 4.69) is 87.8 Å². The molecule has 4 aliphatic rings. The van der Waals surface area contributed by atoms with E-state index in [1.54, 1.807) is 13.8 Å². The number of carbonyl (C=O) groups excluding carboxylic acids is 1. The largest absolute Gasteiger partial charge is 0.390 e. The smallest absolute Gasteiger partial charge is 0.140 e. The number of halogens is 1. The van der Waals surface area contributed by atoms with Crippen LogP contribution < -0.4 is 0 Å². The van der Waals surface area contributed by atoms with E-state index in [1.165, 1.54) is 16.8 Å². The van der Waals surface area contributed by atoms with Crippen molar-refractivity contribution >= 4 is 32.6 Å². The third-order valence-electron chi connectivity index (χ3n) is 13.4. The van der Waals surface area contributed by atoms with E-state index in [1.807, 2.05) is 0 Å². The zero-order chi connectivity index (χ0) is 30.6. The van der Waals surface area contributed by atoms with Crippen LogP contribution in [-0.2, 0) is 16.6 Å². The molecule has 1 aromatic heterocycles. The molecule has 4 aliphatic carbocycles. The Bertz CT molecular complexity index is 1470. The van der Waals surface area contributed by atoms with E-state index in [0.29, 0.717) is 36.4 Å². The molecule has 0 radical (unpaired) electrons. The SMILES string of the molecule is C[C@H](CC[C@@H](O)C(C)(C)O)[C@H]1CC[C@@]2(C)[C@@H]3CC=C4[C@@H](Cc5cc6cc(Br)ccc6nc5C4(C)C)[C@]3(C)C(=O)C[C@]12C. The number of benzene rings is 1. The molecule has 228 valence electrons. The van der Waals surface area contributed by atoms with E-state index in [0.717, 1.165) is 47.5 Å². The number of aromatic nitrogens is 1. The van der Waals surface area contributed by atoms with Crippen LogP contribution in [0.25, 0.3) is 10.9 Å². The second-order valence-electron chi connectivity index (χ2n) is 16.2. The van der Waals surface area contributed by atoms with Gasteiger partial charge in [-0.1, -0.05) is 69.1 Å². The van der Waals surface area contributed by atoms with Gasteiger partial charge in [0.15, 0.2) is 0 Å². The first-order chi connectivity index (χ1) is 19.4. The molecule has 0 saturated heterocycles. The van der Waals surface area contributed by atoms with Crippen LogP contribution in [0.4, 0.5) is 0 Å². The number of allylic oxidation sites excluding steroid dienone is 2. The van der Waals surface area contributed by atoms with Crippen LogP contribution >= 0.6 is 15.9 Å². The Kier molecular flexibility index (Phi) is 7.05. The molecule has 0 bridgehead atoms. The summed E-state index contributed by atoms with van der Waals surface area (Å²) in [6, 6.07) is 8.66. The minimum atomic E-state index is -1.09. The molecule has 2 N–H and O–H groups in total. The molecule has 0 amide bonds. The molecule has 0 unspecified atom stereocenters. The fourth-order valence-electron chi connectivity index (χ4n) is 10.6. The number of carbonyl (C=O) groups is 1. The highest BCUT2D eigenvalue weighted by Crippen LogP contribution is 2.73. The summed E-state index contributed by atoms with van der Waals surface area (Å²) in [7, 11) is 0. The summed E-state index contributed by atoms with van der Waals surface area (Å²) in [4.78, 5) is 19.9. The van der Waals surface area contributed by atoms with Crippen LogP contribution in [0.1, 0.15) is 105 Å². The molecule has 0 aliphatic heterocycles. The maximum atomic E-state index is 14.7. The van der Waals surface area contributed by atoms with Crippen molar-refractivity contribution in [3.8, 4) is 0 Å². The normalized spacial score (nSPS) is 36.9. The van der Waals surface area contributed by atoms with Crippen LogP contribution in [0.5, 0.6) is 0 Å². The first-order valence-electron chi connectivity index (χ1n) is 16.2. The van der Waals surface area contributed by atoms with Crippen LogP contribution in [-0.4, -0.2) is 32.7 Å². The average molecular weight is 637 g/mol. The van der Waals surface area contributed by atoms with Crippen molar-refractivity contribution in [3.63, 3.8) is 0 Å². The number of aliphatic hydroxyl groups is 2. The predicted octanol–water partition coefficient (Wildman–Crippen LogP) is 8.34. The summed E-state index contributed by atoms with van der Waals surface area (Å²) in [5.74, 6) is 1.78. The molecule has 6 rings (SSSR count). The van der Waals surface area contributed by atoms with Gasteiger partial charge in [-0.15, -0.1) is 0 Å². The first kappa shape index (κ1) is 30.5. The Balaban J connectivity index is 1.36. The molecule has 8 atom stereocenters. The number of hydrogen-bond donors (Lipinski definition) is 2. The van der Waals surface area contributed by atoms with Crippen molar-refractivity contribution in [2.45, 2.75) is 117 Å². The van der Waals surface area contributed by atoms with Gasteiger partial charge in [-0.2, -0.15) is 0 Å². The fraction of sp³-hybridized carbons (Fsp3) is 0.676. The molecule has 42 heavy (non-hydrogen) atoms. The third-order valence-corrected chi connectivity index (χ3v) is 13.9. The highest BCUT2D eigenvalue weighted by Gasteiger charge is 2.70. The van der Waals surface area contributed by atoms with Gasteiger partial charge >= 0.3 is 0 Å². The standard InChI is InChI=1S/C37H50BrNO3/c1-21(9-14-30(40)34(4,5)42)25-15-16-35(6)29-13-11-26-27(37(29,8)31(41)20-36(25,35)7)19-23-17-22-18-24(38)10-12-28(22)39-32(23)33(26,2)3/h10-12,17-18,21,25,27,29-30,40,42H,9,13-16,19-20H2,1-8H3/t21-,25-,27-,29+,30-,35+,36-,37+/m1/s1. The lowest BCUT2D eigenvalue weighted by molar-refractivity contribution is -0.168. The summed E-state index contributed by atoms with van der Waals surface area (Å²) in [5, 5.41) is 22.0. The highest BCUT2D eigenvalue weighted by molar-refractivity contribution is 9.10. The van der Waals surface area contributed by atoms with Gasteiger partial charge in [-0.3, -0.25) is 9.78 Å². The first-order valence-corrected chi connectivity index (χ1v) is 17.0. The number of pyridine rings is 1. The Morgan fingerprint density at radius 1 is 1.10 bits per heavy atom. The molecule has 2 saturated carbocycles. The van der Waals surface area contributed by atoms with Crippen LogP contribution in [0, 0.1) is 39.9 Å². The number of hydrogen-bond acceptors (Lipinski definition) is 4. The number of fused-ring (bicyclic) bond motifs is 7. The monoisotopic (exact) mass is 635 g/mol. The van der Waals surface area contributed by atoms with Crippen molar-refractivity contribution in [2.24, 2.45) is 39.9 Å². The number of rotatable bonds is 5. The predicted molar refractivity (Wildman–Crippen MR) is 173 cm³/mol. The molecule has 2 aromatic rings. The topological polar surface area (TPSA) is 70.4 Å². The maximum Gasteiger partial charge on any atom is 0.140 e. The van der Waals surface area contributed by atoms with E-state index in [9.17, 15) is 15.0 Å². The highest BCUT2D eigenvalue weighted by atomic mass is 79.9. The van der Waals surface area contributed by atoms with Crippen molar-refractivity contribution in [3.05, 3.63) is 51.6 Å². The third kappa shape index (κ3) is 4.19. The Morgan fingerprint density at radius 3 is 2.50 bits per heavy atom. The summed E-state index contributed by atoms with van der Waals surface area (Å²) in [6.07, 6.45) is 8.00. The summed E-state index contributed by atoms with van der Waals surface area (Å²) in [5.41, 5.74) is 3.22. The van der Waals surface area contributed by atoms with Gasteiger partial charge in [0.1, 0.15) is 5.78 Å². The summed E-state index contributed by atoms with van der Waals surface area (Å²) < 4.78 is 1.06. The molecular formula is C37H50BrNO3. The zero-order valence-electron chi connectivity index (χ0n) is 26.9. The zero-order valence-corrected chi connectivity index (χ0v) is 28.4. The fourth-order valence-corrected chi connectivity index (χ4v) is 10.9. The molecule has 1 aromatic carbocycles. The van der Waals surface area contributed by atoms with Crippen LogP contribution in [0.2, 0.25) is 0 Å². The van der Waals surface area contributed by atoms with Gasteiger partial charge in [-0.05, 0) is 117 Å².